The van der Waals surface area contributed by atoms with E-state index >= 15 is 0 Å². The first-order chi connectivity index (χ1) is 15.3. The van der Waals surface area contributed by atoms with Crippen LogP contribution in [0.5, 0.6) is 5.75 Å². The van der Waals surface area contributed by atoms with Crippen LogP contribution in [0.1, 0.15) is 19.3 Å². The molecule has 1 amide bonds. The number of hydrogen-bond acceptors (Lipinski definition) is 6. The number of benzene rings is 1. The van der Waals surface area contributed by atoms with Crippen molar-refractivity contribution in [3.05, 3.63) is 65.1 Å². The van der Waals surface area contributed by atoms with Crippen molar-refractivity contribution in [2.45, 2.75) is 19.3 Å². The molecule has 8 heteroatoms. The highest BCUT2D eigenvalue weighted by Crippen LogP contribution is 2.33. The summed E-state index contributed by atoms with van der Waals surface area (Å²) in [6.45, 7) is 0.0407. The molecule has 0 fully saturated rings. The SMILES string of the molecule is O=C1COc2ccc(-c3csc(=Nc4cccnc4)n3N=CC3CC=CCC3)cc2N1. The van der Waals surface area contributed by atoms with E-state index in [4.69, 9.17) is 14.8 Å². The molecule has 0 saturated heterocycles. The Balaban J connectivity index is 1.58. The van der Waals surface area contributed by atoms with E-state index in [1.165, 1.54) is 11.3 Å². The second-order valence-corrected chi connectivity index (χ2v) is 8.23. The summed E-state index contributed by atoms with van der Waals surface area (Å²) in [5, 5.41) is 9.73. The minimum Gasteiger partial charge on any atom is -0.482 e. The quantitative estimate of drug-likeness (QED) is 0.492. The van der Waals surface area contributed by atoms with Gasteiger partial charge in [0.1, 0.15) is 5.75 Å². The number of carbonyl (C=O) groups excluding carboxylic acids is 1. The van der Waals surface area contributed by atoms with E-state index in [-0.39, 0.29) is 12.5 Å². The van der Waals surface area contributed by atoms with Crippen LogP contribution in [0.25, 0.3) is 11.3 Å². The second-order valence-electron chi connectivity index (χ2n) is 7.40. The number of carbonyl (C=O) groups is 1. The highest BCUT2D eigenvalue weighted by atomic mass is 32.1. The van der Waals surface area contributed by atoms with Crippen LogP contribution in [0.2, 0.25) is 0 Å². The predicted molar refractivity (Wildman–Crippen MR) is 122 cm³/mol. The molecule has 1 aromatic carbocycles. The lowest BCUT2D eigenvalue weighted by atomic mass is 9.96. The topological polar surface area (TPSA) is 80.9 Å². The third-order valence-corrected chi connectivity index (χ3v) is 5.98. The lowest BCUT2D eigenvalue weighted by molar-refractivity contribution is -0.118. The molecule has 0 saturated carbocycles. The van der Waals surface area contributed by atoms with Crippen LogP contribution in [0.15, 0.2) is 70.4 Å². The normalized spacial score (nSPS) is 18.6. The Bertz CT molecular complexity index is 1230. The number of hydrogen-bond donors (Lipinski definition) is 1. The number of thiazole rings is 1. The minimum absolute atomic E-state index is 0.0407. The van der Waals surface area contributed by atoms with Gasteiger partial charge in [0, 0.05) is 23.4 Å². The average Bonchev–Trinajstić information content (AvgIpc) is 3.21. The smallest absolute Gasteiger partial charge is 0.262 e. The molecule has 2 aliphatic rings. The number of anilines is 1. The molecule has 3 heterocycles. The number of amides is 1. The first-order valence-corrected chi connectivity index (χ1v) is 11.1. The monoisotopic (exact) mass is 431 g/mol. The van der Waals surface area contributed by atoms with Crippen LogP contribution in [-0.2, 0) is 4.79 Å². The molecule has 7 nitrogen and oxygen atoms in total. The zero-order chi connectivity index (χ0) is 21.0. The summed E-state index contributed by atoms with van der Waals surface area (Å²) in [6, 6.07) is 9.54. The highest BCUT2D eigenvalue weighted by molar-refractivity contribution is 7.07. The van der Waals surface area contributed by atoms with Crippen LogP contribution in [0.4, 0.5) is 11.4 Å². The molecule has 5 rings (SSSR count). The van der Waals surface area contributed by atoms with E-state index in [1.807, 2.05) is 46.6 Å². The van der Waals surface area contributed by atoms with Crippen molar-refractivity contribution < 1.29 is 9.53 Å². The lowest BCUT2D eigenvalue weighted by Gasteiger charge is -2.18. The fraction of sp³-hybridized carbons (Fsp3) is 0.217. The molecule has 0 spiro atoms. The molecule has 1 aliphatic heterocycles. The molecule has 1 atom stereocenters. The third kappa shape index (κ3) is 4.34. The van der Waals surface area contributed by atoms with Crippen molar-refractivity contribution in [2.24, 2.45) is 16.0 Å². The molecule has 2 aromatic heterocycles. The highest BCUT2D eigenvalue weighted by Gasteiger charge is 2.18. The first-order valence-electron chi connectivity index (χ1n) is 10.2. The Morgan fingerprint density at radius 1 is 1.29 bits per heavy atom. The van der Waals surface area contributed by atoms with Crippen molar-refractivity contribution in [1.82, 2.24) is 9.66 Å². The summed E-state index contributed by atoms with van der Waals surface area (Å²) in [4.78, 5) is 21.4. The van der Waals surface area contributed by atoms with Gasteiger partial charge in [-0.3, -0.25) is 9.78 Å². The molecule has 156 valence electrons. The number of pyridine rings is 1. The number of aromatic nitrogens is 2. The summed E-state index contributed by atoms with van der Waals surface area (Å²) >= 11 is 1.51. The number of nitrogens with zero attached hydrogens (tertiary/aromatic N) is 4. The second kappa shape index (κ2) is 8.69. The number of allylic oxidation sites excluding steroid dienone is 2. The van der Waals surface area contributed by atoms with Gasteiger partial charge in [0.15, 0.2) is 6.61 Å². The molecule has 1 unspecified atom stereocenters. The van der Waals surface area contributed by atoms with Crippen LogP contribution in [0.3, 0.4) is 0 Å². The Morgan fingerprint density at radius 2 is 2.26 bits per heavy atom. The Hall–Kier alpha value is -3.52. The average molecular weight is 432 g/mol. The van der Waals surface area contributed by atoms with Gasteiger partial charge in [0.2, 0.25) is 4.80 Å². The van der Waals surface area contributed by atoms with Crippen molar-refractivity contribution in [3.63, 3.8) is 0 Å². The number of nitrogens with one attached hydrogen (secondary N) is 1. The Labute approximate surface area is 183 Å². The van der Waals surface area contributed by atoms with Crippen molar-refractivity contribution in [2.75, 3.05) is 11.9 Å². The number of fused-ring (bicyclic) bond motifs is 1. The first kappa shape index (κ1) is 19.4. The molecule has 0 radical (unpaired) electrons. The van der Waals surface area contributed by atoms with Crippen LogP contribution in [-0.4, -0.2) is 28.4 Å². The zero-order valence-electron chi connectivity index (χ0n) is 16.8. The fourth-order valence-electron chi connectivity index (χ4n) is 3.57. The van der Waals surface area contributed by atoms with Gasteiger partial charge in [-0.2, -0.15) is 5.10 Å². The molecule has 0 bridgehead atoms. The maximum Gasteiger partial charge on any atom is 0.262 e. The Kier molecular flexibility index (Phi) is 5.45. The largest absolute Gasteiger partial charge is 0.482 e. The summed E-state index contributed by atoms with van der Waals surface area (Å²) in [6.07, 6.45) is 13.1. The zero-order valence-corrected chi connectivity index (χ0v) is 17.6. The molecule has 3 aromatic rings. The van der Waals surface area contributed by atoms with Gasteiger partial charge in [0.25, 0.3) is 5.91 Å². The third-order valence-electron chi connectivity index (χ3n) is 5.17. The van der Waals surface area contributed by atoms with Crippen molar-refractivity contribution in [3.8, 4) is 17.0 Å². The lowest BCUT2D eigenvalue weighted by Crippen LogP contribution is -2.25. The standard InChI is InChI=1S/C23H21N5O2S/c29-22-14-30-21-9-8-17(11-19(21)27-22)20-15-31-23(26-18-7-4-10-24-13-18)28(20)25-12-16-5-2-1-3-6-16/h1-2,4,7-13,15-16H,3,5-6,14H2,(H,27,29). The molecular formula is C23H21N5O2S. The van der Waals surface area contributed by atoms with Crippen molar-refractivity contribution in [1.29, 1.82) is 0 Å². The van der Waals surface area contributed by atoms with E-state index in [0.29, 0.717) is 17.4 Å². The maximum absolute atomic E-state index is 11.7. The Morgan fingerprint density at radius 3 is 3.10 bits per heavy atom. The van der Waals surface area contributed by atoms with Gasteiger partial charge in [-0.1, -0.05) is 12.2 Å². The summed E-state index contributed by atoms with van der Waals surface area (Å²) in [5.41, 5.74) is 3.26. The number of ether oxygens (including phenoxy) is 1. The van der Waals surface area contributed by atoms with Gasteiger partial charge in [-0.25, -0.2) is 9.67 Å². The minimum atomic E-state index is -0.154. The van der Waals surface area contributed by atoms with E-state index in [1.54, 1.807) is 12.4 Å². The predicted octanol–water partition coefficient (Wildman–Crippen LogP) is 4.37. The summed E-state index contributed by atoms with van der Waals surface area (Å²) in [7, 11) is 0. The van der Waals surface area contributed by atoms with Crippen LogP contribution >= 0.6 is 11.3 Å². The van der Waals surface area contributed by atoms with Gasteiger partial charge >= 0.3 is 0 Å². The van der Waals surface area contributed by atoms with E-state index in [2.05, 4.69) is 22.5 Å². The maximum atomic E-state index is 11.7. The molecule has 1 N–H and O–H groups in total. The summed E-state index contributed by atoms with van der Waals surface area (Å²) < 4.78 is 7.35. The number of rotatable bonds is 4. The molecule has 1 aliphatic carbocycles. The molecular weight excluding hydrogens is 410 g/mol. The van der Waals surface area contributed by atoms with Crippen molar-refractivity contribution >= 4 is 34.8 Å². The molecule has 31 heavy (non-hydrogen) atoms. The fourth-order valence-corrected chi connectivity index (χ4v) is 4.43. The van der Waals surface area contributed by atoms with E-state index in [9.17, 15) is 4.79 Å². The van der Waals surface area contributed by atoms with Crippen LogP contribution in [0, 0.1) is 5.92 Å². The van der Waals surface area contributed by atoms with Gasteiger partial charge in [-0.05, 0) is 55.5 Å². The van der Waals surface area contributed by atoms with E-state index < -0.39 is 0 Å². The van der Waals surface area contributed by atoms with E-state index in [0.717, 1.165) is 41.0 Å². The van der Waals surface area contributed by atoms with Gasteiger partial charge in [-0.15, -0.1) is 11.3 Å². The summed E-state index contributed by atoms with van der Waals surface area (Å²) in [5.74, 6) is 0.925. The van der Waals surface area contributed by atoms with Crippen LogP contribution < -0.4 is 14.9 Å². The van der Waals surface area contributed by atoms with Gasteiger partial charge < -0.3 is 10.1 Å². The van der Waals surface area contributed by atoms with Gasteiger partial charge in [0.05, 0.1) is 23.3 Å².